The van der Waals surface area contributed by atoms with E-state index in [0.717, 1.165) is 0 Å². The van der Waals surface area contributed by atoms with Crippen LogP contribution in [0.2, 0.25) is 0 Å². The van der Waals surface area contributed by atoms with Crippen molar-refractivity contribution in [2.75, 3.05) is 0 Å². The van der Waals surface area contributed by atoms with Crippen molar-refractivity contribution in [2.24, 2.45) is 0 Å². The summed E-state index contributed by atoms with van der Waals surface area (Å²) in [5.41, 5.74) is 0.0405. The summed E-state index contributed by atoms with van der Waals surface area (Å²) in [4.78, 5) is 13.0. The average molecular weight is 118 g/mol. The first-order chi connectivity index (χ1) is 3.39. The standard InChI is InChI=1S/C5H5NO.Na/c7-5-1-3-6-4-2-5;/h1-4H,(H,6,7);. The Labute approximate surface area is 69.2 Å². The molecule has 1 aromatic heterocycles. The van der Waals surface area contributed by atoms with E-state index in [-0.39, 0.29) is 35.0 Å². The monoisotopic (exact) mass is 118 g/mol. The molecule has 0 aromatic carbocycles. The number of aromatic amines is 1. The summed E-state index contributed by atoms with van der Waals surface area (Å²) in [6.07, 6.45) is 3.20. The molecule has 0 aliphatic rings. The van der Waals surface area contributed by atoms with E-state index < -0.39 is 0 Å². The predicted octanol–water partition coefficient (Wildman–Crippen LogP) is -0.00590. The van der Waals surface area contributed by atoms with Crippen LogP contribution >= 0.6 is 0 Å². The fraction of sp³-hybridized carbons (Fsp3) is 0. The van der Waals surface area contributed by atoms with Crippen LogP contribution in [0.3, 0.4) is 0 Å². The van der Waals surface area contributed by atoms with Gasteiger partial charge in [-0.25, -0.2) is 0 Å². The molecule has 8 heavy (non-hydrogen) atoms. The van der Waals surface area contributed by atoms with Gasteiger partial charge in [-0.1, -0.05) is 0 Å². The van der Waals surface area contributed by atoms with E-state index >= 15 is 0 Å². The van der Waals surface area contributed by atoms with Crippen molar-refractivity contribution in [2.45, 2.75) is 0 Å². The zero-order valence-electron chi connectivity index (χ0n) is 4.72. The van der Waals surface area contributed by atoms with Gasteiger partial charge in [0.15, 0.2) is 5.43 Å². The summed E-state index contributed by atoms with van der Waals surface area (Å²) in [5.74, 6) is 0. The second-order valence-corrected chi connectivity index (χ2v) is 1.24. The quantitative estimate of drug-likeness (QED) is 0.477. The number of nitrogens with one attached hydrogen (secondary N) is 1. The largest absolute Gasteiger partial charge is 0.367 e. The van der Waals surface area contributed by atoms with Crippen molar-refractivity contribution in [3.8, 4) is 0 Å². The van der Waals surface area contributed by atoms with Crippen molar-refractivity contribution in [3.63, 3.8) is 0 Å². The first-order valence-corrected chi connectivity index (χ1v) is 2.03. The molecule has 0 fully saturated rings. The Kier molecular flexibility index (Phi) is 3.87. The molecule has 0 saturated heterocycles. The molecule has 2 nitrogen and oxygen atoms in total. The van der Waals surface area contributed by atoms with E-state index in [1.165, 1.54) is 12.1 Å². The van der Waals surface area contributed by atoms with Gasteiger partial charge in [0, 0.05) is 54.1 Å². The van der Waals surface area contributed by atoms with E-state index in [9.17, 15) is 4.79 Å². The van der Waals surface area contributed by atoms with Crippen molar-refractivity contribution in [1.82, 2.24) is 4.98 Å². The maximum absolute atomic E-state index is 10.2. The Morgan fingerprint density at radius 3 is 2.00 bits per heavy atom. The van der Waals surface area contributed by atoms with E-state index in [4.69, 9.17) is 0 Å². The SMILES string of the molecule is O=c1cc[nH]cc1.[Na]. The van der Waals surface area contributed by atoms with Gasteiger partial charge in [0.2, 0.25) is 0 Å². The van der Waals surface area contributed by atoms with Gasteiger partial charge in [-0.05, 0) is 0 Å². The third-order valence-electron chi connectivity index (χ3n) is 0.688. The van der Waals surface area contributed by atoms with E-state index in [0.29, 0.717) is 0 Å². The first-order valence-electron chi connectivity index (χ1n) is 2.03. The fourth-order valence-electron chi connectivity index (χ4n) is 0.372. The molecule has 1 radical (unpaired) electrons. The Hall–Kier alpha value is -0.0500. The summed E-state index contributed by atoms with van der Waals surface area (Å²) < 4.78 is 0. The van der Waals surface area contributed by atoms with E-state index in [1.54, 1.807) is 12.4 Å². The number of rotatable bonds is 0. The van der Waals surface area contributed by atoms with E-state index in [2.05, 4.69) is 4.98 Å². The summed E-state index contributed by atoms with van der Waals surface area (Å²) in [6, 6.07) is 2.94. The number of hydrogen-bond acceptors (Lipinski definition) is 1. The minimum Gasteiger partial charge on any atom is -0.367 e. The Morgan fingerprint density at radius 2 is 1.75 bits per heavy atom. The van der Waals surface area contributed by atoms with Crippen LogP contribution in [0.4, 0.5) is 0 Å². The first kappa shape index (κ1) is 7.95. The zero-order chi connectivity index (χ0) is 5.11. The van der Waals surface area contributed by atoms with Gasteiger partial charge in [-0.3, -0.25) is 4.79 Å². The molecular formula is C5H5NNaO. The van der Waals surface area contributed by atoms with Gasteiger partial charge < -0.3 is 4.98 Å². The van der Waals surface area contributed by atoms with Crippen LogP contribution in [0, 0.1) is 0 Å². The maximum atomic E-state index is 10.2. The second kappa shape index (κ2) is 3.89. The molecule has 37 valence electrons. The van der Waals surface area contributed by atoms with Crippen molar-refractivity contribution in [1.29, 1.82) is 0 Å². The maximum Gasteiger partial charge on any atom is 0.181 e. The topological polar surface area (TPSA) is 32.9 Å². The molecule has 1 heterocycles. The van der Waals surface area contributed by atoms with Gasteiger partial charge in [-0.2, -0.15) is 0 Å². The molecule has 0 saturated carbocycles. The molecule has 0 amide bonds. The molecule has 0 unspecified atom stereocenters. The minimum absolute atomic E-state index is 0. The molecule has 0 spiro atoms. The molecule has 0 aliphatic carbocycles. The molecule has 1 N–H and O–H groups in total. The third-order valence-corrected chi connectivity index (χ3v) is 0.688. The van der Waals surface area contributed by atoms with Gasteiger partial charge in [-0.15, -0.1) is 0 Å². The third kappa shape index (κ3) is 2.31. The Bertz CT molecular complexity index is 178. The van der Waals surface area contributed by atoms with Crippen LogP contribution in [0.25, 0.3) is 0 Å². The smallest absolute Gasteiger partial charge is 0.181 e. The number of aromatic nitrogens is 1. The fourth-order valence-corrected chi connectivity index (χ4v) is 0.372. The summed E-state index contributed by atoms with van der Waals surface area (Å²) in [6.45, 7) is 0. The second-order valence-electron chi connectivity index (χ2n) is 1.24. The molecule has 0 bridgehead atoms. The van der Waals surface area contributed by atoms with Gasteiger partial charge >= 0.3 is 0 Å². The molecule has 1 aromatic rings. The van der Waals surface area contributed by atoms with Crippen molar-refractivity contribution in [3.05, 3.63) is 34.7 Å². The van der Waals surface area contributed by atoms with Crippen LogP contribution in [0.15, 0.2) is 29.3 Å². The minimum atomic E-state index is 0. The van der Waals surface area contributed by atoms with Crippen LogP contribution in [-0.2, 0) is 0 Å². The van der Waals surface area contributed by atoms with Crippen LogP contribution in [0.5, 0.6) is 0 Å². The summed E-state index contributed by atoms with van der Waals surface area (Å²) in [5, 5.41) is 0. The number of pyridine rings is 1. The van der Waals surface area contributed by atoms with Crippen LogP contribution in [0.1, 0.15) is 0 Å². The zero-order valence-corrected chi connectivity index (χ0v) is 6.72. The molecule has 0 aliphatic heterocycles. The van der Waals surface area contributed by atoms with Gasteiger partial charge in [0.25, 0.3) is 0 Å². The average Bonchev–Trinajstić information content (AvgIpc) is 1.69. The van der Waals surface area contributed by atoms with E-state index in [1.807, 2.05) is 0 Å². The Balaban J connectivity index is 0.000000490. The van der Waals surface area contributed by atoms with Crippen LogP contribution in [-0.4, -0.2) is 34.5 Å². The molecule has 0 atom stereocenters. The summed E-state index contributed by atoms with van der Waals surface area (Å²) in [7, 11) is 0. The number of H-pyrrole nitrogens is 1. The molecule has 3 heteroatoms. The number of hydrogen-bond donors (Lipinski definition) is 1. The molecular weight excluding hydrogens is 113 g/mol. The predicted molar refractivity (Wildman–Crippen MR) is 32.8 cm³/mol. The summed E-state index contributed by atoms with van der Waals surface area (Å²) >= 11 is 0. The van der Waals surface area contributed by atoms with Gasteiger partial charge in [0.05, 0.1) is 0 Å². The van der Waals surface area contributed by atoms with Crippen molar-refractivity contribution < 1.29 is 0 Å². The Morgan fingerprint density at radius 1 is 1.25 bits per heavy atom. The van der Waals surface area contributed by atoms with Crippen LogP contribution < -0.4 is 5.43 Å². The van der Waals surface area contributed by atoms with Crippen molar-refractivity contribution >= 4 is 29.6 Å². The molecule has 1 rings (SSSR count). The normalized spacial score (nSPS) is 7.50. The van der Waals surface area contributed by atoms with Gasteiger partial charge in [0.1, 0.15) is 0 Å².